The summed E-state index contributed by atoms with van der Waals surface area (Å²) in [4.78, 5) is 0. The van der Waals surface area contributed by atoms with Gasteiger partial charge in [-0.05, 0) is 42.8 Å². The maximum Gasteiger partial charge on any atom is 0.142 e. The van der Waals surface area contributed by atoms with Crippen LogP contribution < -0.4 is 10.5 Å². The van der Waals surface area contributed by atoms with Gasteiger partial charge in [-0.25, -0.2) is 4.39 Å². The maximum absolute atomic E-state index is 13.3. The van der Waals surface area contributed by atoms with Crippen LogP contribution in [0, 0.1) is 5.82 Å². The van der Waals surface area contributed by atoms with Crippen molar-refractivity contribution in [2.24, 2.45) is 5.73 Å². The molecule has 1 atom stereocenters. The van der Waals surface area contributed by atoms with Gasteiger partial charge in [-0.15, -0.1) is 0 Å². The van der Waals surface area contributed by atoms with Gasteiger partial charge in [0.05, 0.1) is 5.02 Å². The number of benzene rings is 2. The summed E-state index contributed by atoms with van der Waals surface area (Å²) in [7, 11) is 0. The van der Waals surface area contributed by atoms with Gasteiger partial charge in [0.2, 0.25) is 0 Å². The Morgan fingerprint density at radius 2 is 1.95 bits per heavy atom. The second-order valence-electron chi connectivity index (χ2n) is 4.51. The lowest BCUT2D eigenvalue weighted by atomic mass is 10.1. The molecule has 0 aliphatic heterocycles. The predicted octanol–water partition coefficient (Wildman–Crippen LogP) is 4.73. The van der Waals surface area contributed by atoms with Crippen molar-refractivity contribution in [2.75, 3.05) is 0 Å². The molecule has 0 unspecified atom stereocenters. The first kappa shape index (κ1) is 15.1. The maximum atomic E-state index is 13.3. The minimum absolute atomic E-state index is 0.0940. The van der Waals surface area contributed by atoms with E-state index < -0.39 is 5.82 Å². The normalized spacial score (nSPS) is 12.2. The largest absolute Gasteiger partial charge is 0.489 e. The first-order valence-corrected chi connectivity index (χ1v) is 6.84. The third-order valence-corrected chi connectivity index (χ3v) is 3.38. The fourth-order valence-corrected chi connectivity index (χ4v) is 2.10. The molecular weight excluding hydrogens is 300 g/mol. The molecule has 2 N–H and O–H groups in total. The van der Waals surface area contributed by atoms with E-state index in [9.17, 15) is 4.39 Å². The number of rotatable bonds is 4. The summed E-state index contributed by atoms with van der Waals surface area (Å²) >= 11 is 11.6. The molecule has 0 saturated carbocycles. The molecule has 0 fully saturated rings. The zero-order valence-corrected chi connectivity index (χ0v) is 12.4. The number of hydrogen-bond acceptors (Lipinski definition) is 2. The van der Waals surface area contributed by atoms with Crippen molar-refractivity contribution in [1.29, 1.82) is 0 Å². The molecule has 2 aromatic carbocycles. The highest BCUT2D eigenvalue weighted by molar-refractivity contribution is 6.31. The van der Waals surface area contributed by atoms with Crippen LogP contribution >= 0.6 is 23.2 Å². The van der Waals surface area contributed by atoms with Gasteiger partial charge < -0.3 is 10.5 Å². The molecule has 2 rings (SSSR count). The SMILES string of the molecule is C[C@@H](N)c1cc(Cl)ccc1OCc1ccc(Cl)c(F)c1. The van der Waals surface area contributed by atoms with Crippen LogP contribution in [0.1, 0.15) is 24.1 Å². The van der Waals surface area contributed by atoms with E-state index in [4.69, 9.17) is 33.7 Å². The molecule has 0 bridgehead atoms. The van der Waals surface area contributed by atoms with E-state index in [0.717, 1.165) is 5.56 Å². The van der Waals surface area contributed by atoms with E-state index in [1.165, 1.54) is 12.1 Å². The minimum Gasteiger partial charge on any atom is -0.489 e. The Morgan fingerprint density at radius 1 is 1.20 bits per heavy atom. The Labute approximate surface area is 127 Å². The fraction of sp³-hybridized carbons (Fsp3) is 0.200. The summed E-state index contributed by atoms with van der Waals surface area (Å²) in [6.45, 7) is 2.08. The fourth-order valence-electron chi connectivity index (χ4n) is 1.80. The van der Waals surface area contributed by atoms with Crippen molar-refractivity contribution in [3.63, 3.8) is 0 Å². The van der Waals surface area contributed by atoms with Crippen molar-refractivity contribution >= 4 is 23.2 Å². The summed E-state index contributed by atoms with van der Waals surface area (Å²) in [5, 5.41) is 0.693. The van der Waals surface area contributed by atoms with Gasteiger partial charge >= 0.3 is 0 Å². The molecule has 0 saturated heterocycles. The summed E-state index contributed by atoms with van der Waals surface area (Å²) < 4.78 is 19.0. The van der Waals surface area contributed by atoms with E-state index in [0.29, 0.717) is 16.3 Å². The molecule has 5 heteroatoms. The molecule has 0 heterocycles. The number of ether oxygens (including phenoxy) is 1. The zero-order chi connectivity index (χ0) is 14.7. The van der Waals surface area contributed by atoms with Crippen molar-refractivity contribution in [3.8, 4) is 5.75 Å². The highest BCUT2D eigenvalue weighted by atomic mass is 35.5. The third-order valence-electron chi connectivity index (χ3n) is 2.84. The minimum atomic E-state index is -0.462. The van der Waals surface area contributed by atoms with E-state index in [2.05, 4.69) is 0 Å². The van der Waals surface area contributed by atoms with Gasteiger partial charge in [0.1, 0.15) is 18.2 Å². The van der Waals surface area contributed by atoms with Crippen molar-refractivity contribution < 1.29 is 9.13 Å². The Bertz CT molecular complexity index is 617. The van der Waals surface area contributed by atoms with Gasteiger partial charge in [0.25, 0.3) is 0 Å². The Kier molecular flexibility index (Phi) is 4.86. The molecule has 20 heavy (non-hydrogen) atoms. The Hall–Kier alpha value is -1.29. The molecule has 2 aromatic rings. The lowest BCUT2D eigenvalue weighted by Gasteiger charge is -2.14. The second-order valence-corrected chi connectivity index (χ2v) is 5.35. The summed E-state index contributed by atoms with van der Waals surface area (Å²) in [6, 6.07) is 9.62. The predicted molar refractivity (Wildman–Crippen MR) is 79.8 cm³/mol. The van der Waals surface area contributed by atoms with E-state index >= 15 is 0 Å². The molecule has 0 radical (unpaired) electrons. The Balaban J connectivity index is 2.16. The van der Waals surface area contributed by atoms with Crippen LogP contribution in [0.5, 0.6) is 5.75 Å². The van der Waals surface area contributed by atoms with Crippen LogP contribution in [0.15, 0.2) is 36.4 Å². The zero-order valence-electron chi connectivity index (χ0n) is 10.9. The van der Waals surface area contributed by atoms with Crippen LogP contribution in [-0.4, -0.2) is 0 Å². The molecule has 0 aliphatic rings. The van der Waals surface area contributed by atoms with E-state index in [1.807, 2.05) is 6.92 Å². The average Bonchev–Trinajstić information content (AvgIpc) is 2.41. The van der Waals surface area contributed by atoms with E-state index in [-0.39, 0.29) is 17.7 Å². The molecule has 0 aromatic heterocycles. The summed E-state index contributed by atoms with van der Waals surface area (Å²) in [5.41, 5.74) is 7.38. The van der Waals surface area contributed by atoms with Crippen molar-refractivity contribution in [3.05, 3.63) is 63.4 Å². The molecule has 0 aliphatic carbocycles. The standard InChI is InChI=1S/C15H14Cl2FNO/c1-9(19)12-7-11(16)3-5-15(12)20-8-10-2-4-13(17)14(18)6-10/h2-7,9H,8,19H2,1H3/t9-/m1/s1. The van der Waals surface area contributed by atoms with Crippen LogP contribution in [-0.2, 0) is 6.61 Å². The topological polar surface area (TPSA) is 35.2 Å². The molecule has 106 valence electrons. The highest BCUT2D eigenvalue weighted by Gasteiger charge is 2.10. The van der Waals surface area contributed by atoms with Gasteiger partial charge in [0.15, 0.2) is 0 Å². The lowest BCUT2D eigenvalue weighted by molar-refractivity contribution is 0.301. The van der Waals surface area contributed by atoms with E-state index in [1.54, 1.807) is 24.3 Å². The molecule has 0 spiro atoms. The monoisotopic (exact) mass is 313 g/mol. The summed E-state index contributed by atoms with van der Waals surface area (Å²) in [5.74, 6) is 0.177. The van der Waals surface area contributed by atoms with Crippen molar-refractivity contribution in [2.45, 2.75) is 19.6 Å². The average molecular weight is 314 g/mol. The first-order chi connectivity index (χ1) is 9.47. The van der Waals surface area contributed by atoms with Crippen molar-refractivity contribution in [1.82, 2.24) is 0 Å². The van der Waals surface area contributed by atoms with Crippen LogP contribution in [0.4, 0.5) is 4.39 Å². The van der Waals surface area contributed by atoms with Crippen LogP contribution in [0.25, 0.3) is 0 Å². The lowest BCUT2D eigenvalue weighted by Crippen LogP contribution is -2.08. The number of nitrogens with two attached hydrogens (primary N) is 1. The highest BCUT2D eigenvalue weighted by Crippen LogP contribution is 2.28. The van der Waals surface area contributed by atoms with Crippen LogP contribution in [0.3, 0.4) is 0 Å². The first-order valence-electron chi connectivity index (χ1n) is 6.09. The Morgan fingerprint density at radius 3 is 2.60 bits per heavy atom. The number of hydrogen-bond donors (Lipinski definition) is 1. The molecule has 2 nitrogen and oxygen atoms in total. The quantitative estimate of drug-likeness (QED) is 0.885. The second kappa shape index (κ2) is 6.44. The smallest absolute Gasteiger partial charge is 0.142 e. The van der Waals surface area contributed by atoms with Crippen LogP contribution in [0.2, 0.25) is 10.0 Å². The molecular formula is C15H14Cl2FNO. The van der Waals surface area contributed by atoms with Gasteiger partial charge in [-0.1, -0.05) is 29.3 Å². The summed E-state index contributed by atoms with van der Waals surface area (Å²) in [6.07, 6.45) is 0. The molecule has 0 amide bonds. The third kappa shape index (κ3) is 3.63. The number of halogens is 3. The van der Waals surface area contributed by atoms with Gasteiger partial charge in [-0.2, -0.15) is 0 Å². The van der Waals surface area contributed by atoms with Gasteiger partial charge in [-0.3, -0.25) is 0 Å². The van der Waals surface area contributed by atoms with Gasteiger partial charge in [0, 0.05) is 16.6 Å².